The van der Waals surface area contributed by atoms with E-state index in [1.54, 1.807) is 19.1 Å². The Balaban J connectivity index is 2.40. The molecule has 2 heterocycles. The minimum atomic E-state index is -4.63. The van der Waals surface area contributed by atoms with Crippen molar-refractivity contribution in [1.29, 1.82) is 0 Å². The highest BCUT2D eigenvalue weighted by atomic mass is 19.4. The van der Waals surface area contributed by atoms with E-state index in [1.807, 2.05) is 0 Å². The van der Waals surface area contributed by atoms with Crippen LogP contribution in [0.5, 0.6) is 0 Å². The van der Waals surface area contributed by atoms with Crippen molar-refractivity contribution in [2.24, 2.45) is 5.73 Å². The van der Waals surface area contributed by atoms with Crippen molar-refractivity contribution in [2.75, 3.05) is 5.32 Å². The fourth-order valence-corrected chi connectivity index (χ4v) is 1.88. The summed E-state index contributed by atoms with van der Waals surface area (Å²) in [7, 11) is 0. The first-order valence-electron chi connectivity index (χ1n) is 6.68. The van der Waals surface area contributed by atoms with Gasteiger partial charge in [-0.3, -0.25) is 9.78 Å². The average Bonchev–Trinajstić information content (AvgIpc) is 2.46. The molecule has 0 saturated carbocycles. The van der Waals surface area contributed by atoms with Gasteiger partial charge in [0.15, 0.2) is 11.5 Å². The third-order valence-electron chi connectivity index (χ3n) is 2.81. The van der Waals surface area contributed by atoms with Crippen molar-refractivity contribution >= 4 is 11.7 Å². The number of hydrogen-bond acceptors (Lipinski definition) is 5. The van der Waals surface area contributed by atoms with Gasteiger partial charge in [0.05, 0.1) is 0 Å². The smallest absolute Gasteiger partial charge is 0.370 e. The number of anilines is 1. The summed E-state index contributed by atoms with van der Waals surface area (Å²) >= 11 is 0. The number of pyridine rings is 1. The second-order valence-electron chi connectivity index (χ2n) is 4.89. The van der Waals surface area contributed by atoms with Crippen LogP contribution in [0.1, 0.15) is 19.0 Å². The van der Waals surface area contributed by atoms with Crippen LogP contribution in [0.25, 0.3) is 11.5 Å². The van der Waals surface area contributed by atoms with Gasteiger partial charge in [0.2, 0.25) is 5.91 Å². The normalized spacial score (nSPS) is 12.7. The van der Waals surface area contributed by atoms with Crippen molar-refractivity contribution < 1.29 is 18.0 Å². The summed E-state index contributed by atoms with van der Waals surface area (Å²) in [6.07, 6.45) is -3.23. The number of nitrogens with two attached hydrogens (primary N) is 1. The highest BCUT2D eigenvalue weighted by Crippen LogP contribution is 2.30. The maximum absolute atomic E-state index is 13.0. The number of nitrogens with zero attached hydrogens (tertiary/aromatic N) is 3. The SMILES string of the molecule is C[C@@H](CC(N)=O)Nc1cc(C(F)(F)F)nc(-c2ccccn2)n1. The van der Waals surface area contributed by atoms with E-state index < -0.39 is 23.8 Å². The van der Waals surface area contributed by atoms with Gasteiger partial charge in [0.25, 0.3) is 0 Å². The first-order chi connectivity index (χ1) is 10.8. The lowest BCUT2D eigenvalue weighted by atomic mass is 10.2. The van der Waals surface area contributed by atoms with Gasteiger partial charge in [0, 0.05) is 24.7 Å². The number of alkyl halides is 3. The quantitative estimate of drug-likeness (QED) is 0.879. The molecule has 0 radical (unpaired) electrons. The molecule has 3 N–H and O–H groups in total. The second kappa shape index (κ2) is 6.59. The molecule has 0 unspecified atom stereocenters. The van der Waals surface area contributed by atoms with Crippen LogP contribution in [-0.2, 0) is 11.0 Å². The van der Waals surface area contributed by atoms with Crippen molar-refractivity contribution in [2.45, 2.75) is 25.6 Å². The minimum Gasteiger partial charge on any atom is -0.370 e. The van der Waals surface area contributed by atoms with Crippen molar-refractivity contribution in [1.82, 2.24) is 15.0 Å². The molecule has 1 atom stereocenters. The Morgan fingerprint density at radius 2 is 2.09 bits per heavy atom. The molecule has 2 aromatic heterocycles. The first-order valence-corrected chi connectivity index (χ1v) is 6.68. The van der Waals surface area contributed by atoms with Gasteiger partial charge in [-0.05, 0) is 19.1 Å². The summed E-state index contributed by atoms with van der Waals surface area (Å²) in [6, 6.07) is 5.07. The van der Waals surface area contributed by atoms with Gasteiger partial charge < -0.3 is 11.1 Å². The van der Waals surface area contributed by atoms with Crippen LogP contribution in [0, 0.1) is 0 Å². The molecule has 0 aliphatic heterocycles. The van der Waals surface area contributed by atoms with E-state index in [4.69, 9.17) is 5.73 Å². The van der Waals surface area contributed by atoms with E-state index in [2.05, 4.69) is 20.3 Å². The van der Waals surface area contributed by atoms with Gasteiger partial charge in [-0.15, -0.1) is 0 Å². The third kappa shape index (κ3) is 4.63. The fraction of sp³-hybridized carbons (Fsp3) is 0.286. The molecule has 0 aromatic carbocycles. The average molecular weight is 325 g/mol. The summed E-state index contributed by atoms with van der Waals surface area (Å²) in [5.41, 5.74) is 4.18. The molecule has 2 rings (SSSR count). The summed E-state index contributed by atoms with van der Waals surface area (Å²) in [5, 5.41) is 2.72. The number of primary amides is 1. The van der Waals surface area contributed by atoms with E-state index in [-0.39, 0.29) is 23.8 Å². The molecule has 0 aliphatic rings. The Morgan fingerprint density at radius 1 is 1.35 bits per heavy atom. The number of hydrogen-bond donors (Lipinski definition) is 2. The van der Waals surface area contributed by atoms with Crippen molar-refractivity contribution in [3.63, 3.8) is 0 Å². The van der Waals surface area contributed by atoms with Crippen LogP contribution in [0.4, 0.5) is 19.0 Å². The maximum atomic E-state index is 13.0. The number of carbonyl (C=O) groups excluding carboxylic acids is 1. The number of carbonyl (C=O) groups is 1. The Kier molecular flexibility index (Phi) is 4.77. The highest BCUT2D eigenvalue weighted by Gasteiger charge is 2.34. The van der Waals surface area contributed by atoms with E-state index in [9.17, 15) is 18.0 Å². The molecule has 0 aliphatic carbocycles. The van der Waals surface area contributed by atoms with E-state index in [1.165, 1.54) is 12.3 Å². The molecule has 0 saturated heterocycles. The number of amides is 1. The molecule has 0 fully saturated rings. The van der Waals surface area contributed by atoms with Gasteiger partial charge in [-0.1, -0.05) is 6.07 Å². The second-order valence-corrected chi connectivity index (χ2v) is 4.89. The monoisotopic (exact) mass is 325 g/mol. The fourth-order valence-electron chi connectivity index (χ4n) is 1.88. The Morgan fingerprint density at radius 3 is 2.65 bits per heavy atom. The number of aromatic nitrogens is 3. The van der Waals surface area contributed by atoms with Crippen molar-refractivity contribution in [3.8, 4) is 11.5 Å². The standard InChI is InChI=1S/C14H14F3N5O/c1-8(6-11(18)23)20-12-7-10(14(15,16)17)21-13(22-12)9-4-2-3-5-19-9/h2-5,7-8H,6H2,1H3,(H2,18,23)(H,20,21,22)/t8-/m0/s1. The molecule has 1 amide bonds. The zero-order valence-electron chi connectivity index (χ0n) is 12.1. The van der Waals surface area contributed by atoms with Gasteiger partial charge in [-0.2, -0.15) is 13.2 Å². The molecule has 23 heavy (non-hydrogen) atoms. The summed E-state index contributed by atoms with van der Waals surface area (Å²) in [6.45, 7) is 1.61. The first kappa shape index (κ1) is 16.7. The van der Waals surface area contributed by atoms with Gasteiger partial charge >= 0.3 is 6.18 Å². The molecule has 6 nitrogen and oxygen atoms in total. The van der Waals surface area contributed by atoms with Crippen LogP contribution in [0.2, 0.25) is 0 Å². The van der Waals surface area contributed by atoms with Crippen LogP contribution in [0.15, 0.2) is 30.5 Å². The lowest BCUT2D eigenvalue weighted by Gasteiger charge is -2.15. The zero-order valence-corrected chi connectivity index (χ0v) is 12.1. The largest absolute Gasteiger partial charge is 0.433 e. The van der Waals surface area contributed by atoms with Crippen LogP contribution in [-0.4, -0.2) is 26.9 Å². The zero-order chi connectivity index (χ0) is 17.0. The maximum Gasteiger partial charge on any atom is 0.433 e. The molecule has 0 spiro atoms. The Hall–Kier alpha value is -2.71. The Bertz CT molecular complexity index is 691. The van der Waals surface area contributed by atoms with E-state index in [0.29, 0.717) is 0 Å². The highest BCUT2D eigenvalue weighted by molar-refractivity contribution is 5.74. The van der Waals surface area contributed by atoms with Gasteiger partial charge in [-0.25, -0.2) is 9.97 Å². The van der Waals surface area contributed by atoms with Crippen LogP contribution < -0.4 is 11.1 Å². The summed E-state index contributed by atoms with van der Waals surface area (Å²) in [4.78, 5) is 22.4. The molecule has 0 bridgehead atoms. The minimum absolute atomic E-state index is 0.0374. The predicted octanol–water partition coefficient (Wildman–Crippen LogP) is 2.23. The lowest BCUT2D eigenvalue weighted by Crippen LogP contribution is -2.25. The number of nitrogens with one attached hydrogen (secondary N) is 1. The molecular weight excluding hydrogens is 311 g/mol. The summed E-state index contributed by atoms with van der Waals surface area (Å²) < 4.78 is 39.0. The Labute approximate surface area is 130 Å². The molecule has 122 valence electrons. The number of halogens is 3. The number of rotatable bonds is 5. The molecular formula is C14H14F3N5O. The molecule has 2 aromatic rings. The topological polar surface area (TPSA) is 93.8 Å². The lowest BCUT2D eigenvalue weighted by molar-refractivity contribution is -0.141. The van der Waals surface area contributed by atoms with Gasteiger partial charge in [0.1, 0.15) is 11.5 Å². The van der Waals surface area contributed by atoms with Crippen LogP contribution >= 0.6 is 0 Å². The summed E-state index contributed by atoms with van der Waals surface area (Å²) in [5.74, 6) is -0.782. The predicted molar refractivity (Wildman–Crippen MR) is 77.2 cm³/mol. The van der Waals surface area contributed by atoms with E-state index in [0.717, 1.165) is 6.07 Å². The van der Waals surface area contributed by atoms with Crippen molar-refractivity contribution in [3.05, 3.63) is 36.2 Å². The third-order valence-corrected chi connectivity index (χ3v) is 2.81. The molecule has 9 heteroatoms. The van der Waals surface area contributed by atoms with E-state index >= 15 is 0 Å². The van der Waals surface area contributed by atoms with Crippen LogP contribution in [0.3, 0.4) is 0 Å².